The quantitative estimate of drug-likeness (QED) is 0.528. The second kappa shape index (κ2) is 7.22. The maximum atomic E-state index is 12.8. The summed E-state index contributed by atoms with van der Waals surface area (Å²) in [6, 6.07) is 17.5. The molecule has 0 bridgehead atoms. The average Bonchev–Trinajstić information content (AvgIpc) is 3.07. The van der Waals surface area contributed by atoms with Crippen LogP contribution in [0, 0.1) is 0 Å². The number of halogens is 3. The first-order valence-corrected chi connectivity index (χ1v) is 7.53. The first-order valence-electron chi connectivity index (χ1n) is 7.53. The van der Waals surface area contributed by atoms with E-state index in [1.165, 1.54) is 6.20 Å². The van der Waals surface area contributed by atoms with Gasteiger partial charge in [0.15, 0.2) is 11.5 Å². The van der Waals surface area contributed by atoms with Crippen molar-refractivity contribution in [3.05, 3.63) is 72.6 Å². The first kappa shape index (κ1) is 17.4. The number of rotatable bonds is 1. The maximum Gasteiger partial charge on any atom is 0.434 e. The van der Waals surface area contributed by atoms with Gasteiger partial charge < -0.3 is 5.11 Å². The van der Waals surface area contributed by atoms with Crippen LogP contribution < -0.4 is 0 Å². The summed E-state index contributed by atoms with van der Waals surface area (Å²) in [5.41, 5.74) is -0.436. The van der Waals surface area contributed by atoms with Crippen LogP contribution in [0.5, 0.6) is 5.75 Å². The number of benzene rings is 2. The molecule has 26 heavy (non-hydrogen) atoms. The zero-order valence-electron chi connectivity index (χ0n) is 13.3. The van der Waals surface area contributed by atoms with Gasteiger partial charge in [0.05, 0.1) is 6.20 Å². The number of aromatic amines is 1. The summed E-state index contributed by atoms with van der Waals surface area (Å²) < 4.78 is 38.3. The molecule has 0 atom stereocenters. The molecule has 132 valence electrons. The molecule has 2 N–H and O–H groups in total. The predicted octanol–water partition coefficient (Wildman–Crippen LogP) is 4.43. The van der Waals surface area contributed by atoms with E-state index in [0.717, 1.165) is 0 Å². The van der Waals surface area contributed by atoms with Gasteiger partial charge in [-0.05, 0) is 12.1 Å². The number of aromatic hydroxyl groups is 1. The van der Waals surface area contributed by atoms with E-state index in [9.17, 15) is 13.2 Å². The summed E-state index contributed by atoms with van der Waals surface area (Å²) >= 11 is 0. The number of hydrogen-bond acceptors (Lipinski definition) is 4. The Morgan fingerprint density at radius 1 is 0.885 bits per heavy atom. The Bertz CT molecular complexity index is 986. The topological polar surface area (TPSA) is 74.7 Å². The van der Waals surface area contributed by atoms with Crippen LogP contribution in [0.25, 0.3) is 22.4 Å². The highest BCUT2D eigenvalue weighted by Gasteiger charge is 2.36. The molecule has 0 saturated carbocycles. The Labute approximate surface area is 146 Å². The summed E-state index contributed by atoms with van der Waals surface area (Å²) in [6.07, 6.45) is -3.24. The lowest BCUT2D eigenvalue weighted by molar-refractivity contribution is -0.140. The number of alkyl halides is 3. The number of nitrogens with zero attached hydrogens (tertiary/aromatic N) is 3. The first-order chi connectivity index (χ1) is 12.4. The smallest absolute Gasteiger partial charge is 0.434 e. The van der Waals surface area contributed by atoms with Crippen molar-refractivity contribution in [1.82, 2.24) is 20.2 Å². The number of fused-ring (bicyclic) bond motifs is 1. The number of hydrogen-bond donors (Lipinski definition) is 2. The number of para-hydroxylation sites is 1. The molecule has 5 nitrogen and oxygen atoms in total. The lowest BCUT2D eigenvalue weighted by Gasteiger charge is -2.03. The number of aromatic nitrogens is 4. The molecule has 0 radical (unpaired) electrons. The Morgan fingerprint density at radius 3 is 2.04 bits per heavy atom. The largest absolute Gasteiger partial charge is 0.508 e. The van der Waals surface area contributed by atoms with Gasteiger partial charge in [0.2, 0.25) is 0 Å². The molecule has 0 aliphatic carbocycles. The second-order valence-electron chi connectivity index (χ2n) is 5.23. The molecule has 0 amide bonds. The lowest BCUT2D eigenvalue weighted by atomic mass is 10.2. The number of H-pyrrole nitrogens is 1. The number of phenolic OH excluding ortho intramolecular Hbond substituents is 1. The molecule has 2 aromatic heterocycles. The molecule has 4 rings (SSSR count). The monoisotopic (exact) mass is 358 g/mol. The minimum atomic E-state index is -4.52. The van der Waals surface area contributed by atoms with Crippen LogP contribution in [-0.4, -0.2) is 25.3 Å². The number of phenols is 1. The predicted molar refractivity (Wildman–Crippen MR) is 90.2 cm³/mol. The van der Waals surface area contributed by atoms with Crippen molar-refractivity contribution in [3.8, 4) is 17.1 Å². The van der Waals surface area contributed by atoms with Gasteiger partial charge in [-0.25, -0.2) is 9.97 Å². The van der Waals surface area contributed by atoms with E-state index in [0.29, 0.717) is 11.3 Å². The Kier molecular flexibility index (Phi) is 4.83. The SMILES string of the molecule is FC(F)(F)c1[nH]nc2cnc(-c3ccccc3)nc12.Oc1ccccc1. The lowest BCUT2D eigenvalue weighted by Crippen LogP contribution is -2.06. The van der Waals surface area contributed by atoms with Crippen LogP contribution >= 0.6 is 0 Å². The van der Waals surface area contributed by atoms with E-state index in [2.05, 4.69) is 15.1 Å². The van der Waals surface area contributed by atoms with Crippen LogP contribution in [0.4, 0.5) is 13.2 Å². The molecule has 2 aromatic carbocycles. The Balaban J connectivity index is 0.000000236. The summed E-state index contributed by atoms with van der Waals surface area (Å²) in [4.78, 5) is 7.96. The fourth-order valence-electron chi connectivity index (χ4n) is 2.16. The van der Waals surface area contributed by atoms with Gasteiger partial charge in [-0.1, -0.05) is 48.5 Å². The van der Waals surface area contributed by atoms with E-state index < -0.39 is 11.9 Å². The zero-order chi connectivity index (χ0) is 18.6. The highest BCUT2D eigenvalue weighted by molar-refractivity contribution is 5.78. The van der Waals surface area contributed by atoms with Crippen LogP contribution in [0.3, 0.4) is 0 Å². The van der Waals surface area contributed by atoms with Gasteiger partial charge >= 0.3 is 6.18 Å². The van der Waals surface area contributed by atoms with Gasteiger partial charge in [-0.3, -0.25) is 5.10 Å². The normalized spacial score (nSPS) is 11.0. The van der Waals surface area contributed by atoms with Gasteiger partial charge in [0.1, 0.15) is 16.8 Å². The third kappa shape index (κ3) is 3.97. The van der Waals surface area contributed by atoms with Gasteiger partial charge in [-0.2, -0.15) is 18.3 Å². The van der Waals surface area contributed by atoms with E-state index >= 15 is 0 Å². The highest BCUT2D eigenvalue weighted by Crippen LogP contribution is 2.32. The summed E-state index contributed by atoms with van der Waals surface area (Å²) in [6.45, 7) is 0. The molecule has 4 aromatic rings. The van der Waals surface area contributed by atoms with Gasteiger partial charge in [-0.15, -0.1) is 0 Å². The number of nitrogens with one attached hydrogen (secondary N) is 1. The van der Waals surface area contributed by atoms with Crippen LogP contribution in [0.2, 0.25) is 0 Å². The van der Waals surface area contributed by atoms with E-state index in [4.69, 9.17) is 5.11 Å². The zero-order valence-corrected chi connectivity index (χ0v) is 13.3. The molecule has 0 spiro atoms. The standard InChI is InChI=1S/C12H7F3N4.C6H6O/c13-12(14,15)10-9-8(18-19-10)6-16-11(17-9)7-4-2-1-3-5-7;7-6-4-2-1-3-5-6/h1-6H,(H,18,19);1-5,7H. The molecular weight excluding hydrogens is 345 g/mol. The average molecular weight is 358 g/mol. The van der Waals surface area contributed by atoms with Crippen LogP contribution in [-0.2, 0) is 6.18 Å². The van der Waals surface area contributed by atoms with E-state index in [1.54, 1.807) is 54.6 Å². The van der Waals surface area contributed by atoms with Crippen molar-refractivity contribution in [1.29, 1.82) is 0 Å². The Morgan fingerprint density at radius 2 is 1.50 bits per heavy atom. The van der Waals surface area contributed by atoms with Gasteiger partial charge in [0.25, 0.3) is 0 Å². The molecule has 8 heteroatoms. The Hall–Kier alpha value is -3.42. The summed E-state index contributed by atoms with van der Waals surface area (Å²) in [5, 5.41) is 14.1. The van der Waals surface area contributed by atoms with E-state index in [1.807, 2.05) is 11.2 Å². The molecule has 0 saturated heterocycles. The minimum absolute atomic E-state index is 0.0898. The van der Waals surface area contributed by atoms with Gasteiger partial charge in [0, 0.05) is 5.56 Å². The van der Waals surface area contributed by atoms with E-state index in [-0.39, 0.29) is 16.9 Å². The molecule has 2 heterocycles. The molecule has 0 unspecified atom stereocenters. The van der Waals surface area contributed by atoms with Crippen molar-refractivity contribution < 1.29 is 18.3 Å². The van der Waals surface area contributed by atoms with Crippen molar-refractivity contribution in [2.75, 3.05) is 0 Å². The van der Waals surface area contributed by atoms with Crippen molar-refractivity contribution in [2.24, 2.45) is 0 Å². The third-order valence-electron chi connectivity index (χ3n) is 3.37. The van der Waals surface area contributed by atoms with Crippen LogP contribution in [0.1, 0.15) is 5.69 Å². The van der Waals surface area contributed by atoms with Crippen molar-refractivity contribution >= 4 is 11.0 Å². The summed E-state index contributed by atoms with van der Waals surface area (Å²) in [5.74, 6) is 0.558. The molecular formula is C18H13F3N4O. The maximum absolute atomic E-state index is 12.8. The summed E-state index contributed by atoms with van der Waals surface area (Å²) in [7, 11) is 0. The fourth-order valence-corrected chi connectivity index (χ4v) is 2.16. The third-order valence-corrected chi connectivity index (χ3v) is 3.37. The molecule has 0 aliphatic heterocycles. The van der Waals surface area contributed by atoms with Crippen LogP contribution in [0.15, 0.2) is 66.9 Å². The molecule has 0 aliphatic rings. The fraction of sp³-hybridized carbons (Fsp3) is 0.0556. The minimum Gasteiger partial charge on any atom is -0.508 e. The van der Waals surface area contributed by atoms with Crippen molar-refractivity contribution in [3.63, 3.8) is 0 Å². The highest BCUT2D eigenvalue weighted by atomic mass is 19.4. The molecule has 0 fully saturated rings. The second-order valence-corrected chi connectivity index (χ2v) is 5.23. The van der Waals surface area contributed by atoms with Crippen molar-refractivity contribution in [2.45, 2.75) is 6.18 Å².